The first kappa shape index (κ1) is 11.6. The maximum atomic E-state index is 6.25. The summed E-state index contributed by atoms with van der Waals surface area (Å²) in [7, 11) is 0. The molecule has 0 bridgehead atoms. The monoisotopic (exact) mass is 219 g/mol. The predicted octanol–water partition coefficient (Wildman–Crippen LogP) is 2.67. The van der Waals surface area contributed by atoms with Crippen molar-refractivity contribution in [3.63, 3.8) is 0 Å². The van der Waals surface area contributed by atoms with Crippen molar-refractivity contribution in [3.8, 4) is 0 Å². The van der Waals surface area contributed by atoms with Crippen LogP contribution >= 0.6 is 0 Å². The van der Waals surface area contributed by atoms with Crippen molar-refractivity contribution in [1.82, 2.24) is 0 Å². The highest BCUT2D eigenvalue weighted by atomic mass is 16.5. The molecule has 0 fully saturated rings. The standard InChI is InChI=1S/C14H21NO/c1-10(2)9-16-13-8-7-11-5-3-4-6-12(11)14(13)15/h3-6,10,13-14H,7-9,15H2,1-2H3. The molecule has 0 amide bonds. The van der Waals surface area contributed by atoms with E-state index in [0.717, 1.165) is 19.4 Å². The molecule has 1 aliphatic rings. The van der Waals surface area contributed by atoms with Crippen molar-refractivity contribution in [3.05, 3.63) is 35.4 Å². The van der Waals surface area contributed by atoms with Crippen molar-refractivity contribution in [2.24, 2.45) is 11.7 Å². The summed E-state index contributed by atoms with van der Waals surface area (Å²) in [5.74, 6) is 0.573. The van der Waals surface area contributed by atoms with E-state index < -0.39 is 0 Å². The fourth-order valence-corrected chi connectivity index (χ4v) is 2.27. The van der Waals surface area contributed by atoms with Gasteiger partial charge in [0.05, 0.1) is 12.1 Å². The topological polar surface area (TPSA) is 35.2 Å². The van der Waals surface area contributed by atoms with Gasteiger partial charge < -0.3 is 10.5 Å². The summed E-state index contributed by atoms with van der Waals surface area (Å²) in [5.41, 5.74) is 8.91. The lowest BCUT2D eigenvalue weighted by atomic mass is 9.86. The fourth-order valence-electron chi connectivity index (χ4n) is 2.27. The number of hydrogen-bond donors (Lipinski definition) is 1. The van der Waals surface area contributed by atoms with Crippen LogP contribution in [0, 0.1) is 5.92 Å². The molecule has 1 aromatic rings. The summed E-state index contributed by atoms with van der Waals surface area (Å²) < 4.78 is 5.89. The third kappa shape index (κ3) is 2.45. The van der Waals surface area contributed by atoms with Crippen molar-refractivity contribution in [2.75, 3.05) is 6.61 Å². The van der Waals surface area contributed by atoms with Gasteiger partial charge in [-0.25, -0.2) is 0 Å². The average molecular weight is 219 g/mol. The Labute approximate surface area is 97.8 Å². The molecule has 2 rings (SSSR count). The molecule has 0 aromatic heterocycles. The summed E-state index contributed by atoms with van der Waals surface area (Å²) >= 11 is 0. The highest BCUT2D eigenvalue weighted by Gasteiger charge is 2.26. The Balaban J connectivity index is 2.06. The second kappa shape index (κ2) is 4.98. The predicted molar refractivity (Wildman–Crippen MR) is 66.3 cm³/mol. The van der Waals surface area contributed by atoms with E-state index in [2.05, 4.69) is 38.1 Å². The minimum absolute atomic E-state index is 0.0451. The molecule has 2 heteroatoms. The summed E-state index contributed by atoms with van der Waals surface area (Å²) in [4.78, 5) is 0. The third-order valence-electron chi connectivity index (χ3n) is 3.16. The van der Waals surface area contributed by atoms with Crippen LogP contribution in [0.1, 0.15) is 37.4 Å². The van der Waals surface area contributed by atoms with E-state index in [1.165, 1.54) is 11.1 Å². The van der Waals surface area contributed by atoms with Gasteiger partial charge in [-0.05, 0) is 29.9 Å². The first-order chi connectivity index (χ1) is 7.68. The second-order valence-electron chi connectivity index (χ2n) is 5.03. The van der Waals surface area contributed by atoms with Gasteiger partial charge in [0.1, 0.15) is 0 Å². The lowest BCUT2D eigenvalue weighted by Gasteiger charge is -2.31. The van der Waals surface area contributed by atoms with Gasteiger partial charge in [0, 0.05) is 6.61 Å². The van der Waals surface area contributed by atoms with Crippen molar-refractivity contribution in [2.45, 2.75) is 38.8 Å². The highest BCUT2D eigenvalue weighted by molar-refractivity contribution is 5.33. The van der Waals surface area contributed by atoms with Gasteiger partial charge in [-0.2, -0.15) is 0 Å². The molecule has 88 valence electrons. The lowest BCUT2D eigenvalue weighted by molar-refractivity contribution is 0.0105. The Morgan fingerprint density at radius 3 is 2.88 bits per heavy atom. The molecule has 2 atom stereocenters. The van der Waals surface area contributed by atoms with E-state index in [0.29, 0.717) is 5.92 Å². The van der Waals surface area contributed by atoms with E-state index in [9.17, 15) is 0 Å². The van der Waals surface area contributed by atoms with Crippen LogP contribution in [0.2, 0.25) is 0 Å². The molecule has 2 nitrogen and oxygen atoms in total. The zero-order valence-corrected chi connectivity index (χ0v) is 10.1. The van der Waals surface area contributed by atoms with E-state index >= 15 is 0 Å². The van der Waals surface area contributed by atoms with Crippen LogP contribution < -0.4 is 5.73 Å². The summed E-state index contributed by atoms with van der Waals surface area (Å²) in [6.07, 6.45) is 2.33. The first-order valence-electron chi connectivity index (χ1n) is 6.13. The molecule has 0 radical (unpaired) electrons. The molecule has 0 aliphatic heterocycles. The molecule has 2 unspecified atom stereocenters. The number of hydrogen-bond acceptors (Lipinski definition) is 2. The zero-order chi connectivity index (χ0) is 11.5. The van der Waals surface area contributed by atoms with E-state index in [-0.39, 0.29) is 12.1 Å². The molecule has 1 aliphatic carbocycles. The Bertz CT molecular complexity index is 348. The fraction of sp³-hybridized carbons (Fsp3) is 0.571. The largest absolute Gasteiger partial charge is 0.376 e. The van der Waals surface area contributed by atoms with Crippen molar-refractivity contribution >= 4 is 0 Å². The Morgan fingerprint density at radius 2 is 2.12 bits per heavy atom. The Morgan fingerprint density at radius 1 is 1.38 bits per heavy atom. The summed E-state index contributed by atoms with van der Waals surface area (Å²) in [6, 6.07) is 8.49. The zero-order valence-electron chi connectivity index (χ0n) is 10.1. The maximum Gasteiger partial charge on any atom is 0.0771 e. The van der Waals surface area contributed by atoms with Crippen LogP contribution in [0.3, 0.4) is 0 Å². The van der Waals surface area contributed by atoms with Gasteiger partial charge in [-0.1, -0.05) is 38.1 Å². The number of ether oxygens (including phenoxy) is 1. The molecular formula is C14H21NO. The van der Waals surface area contributed by atoms with Gasteiger partial charge in [0.2, 0.25) is 0 Å². The van der Waals surface area contributed by atoms with Gasteiger partial charge in [0.25, 0.3) is 0 Å². The molecule has 0 saturated heterocycles. The number of benzene rings is 1. The average Bonchev–Trinajstić information content (AvgIpc) is 2.28. The Kier molecular flexibility index (Phi) is 3.62. The third-order valence-corrected chi connectivity index (χ3v) is 3.16. The van der Waals surface area contributed by atoms with Crippen LogP contribution in [0.4, 0.5) is 0 Å². The van der Waals surface area contributed by atoms with Crippen molar-refractivity contribution in [1.29, 1.82) is 0 Å². The van der Waals surface area contributed by atoms with Crippen LogP contribution in [-0.4, -0.2) is 12.7 Å². The summed E-state index contributed by atoms with van der Waals surface area (Å²) in [6.45, 7) is 5.14. The molecule has 0 spiro atoms. The molecule has 0 saturated carbocycles. The summed E-state index contributed by atoms with van der Waals surface area (Å²) in [5, 5.41) is 0. The van der Waals surface area contributed by atoms with Crippen molar-refractivity contribution < 1.29 is 4.74 Å². The highest BCUT2D eigenvalue weighted by Crippen LogP contribution is 2.30. The van der Waals surface area contributed by atoms with Crippen LogP contribution in [0.15, 0.2) is 24.3 Å². The normalized spacial score (nSPS) is 24.5. The van der Waals surface area contributed by atoms with Gasteiger partial charge in [-0.15, -0.1) is 0 Å². The van der Waals surface area contributed by atoms with E-state index in [1.54, 1.807) is 0 Å². The Hall–Kier alpha value is -0.860. The molecule has 1 aromatic carbocycles. The van der Waals surface area contributed by atoms with E-state index in [4.69, 9.17) is 10.5 Å². The number of rotatable bonds is 3. The van der Waals surface area contributed by atoms with Crippen LogP contribution in [0.25, 0.3) is 0 Å². The number of aryl methyl sites for hydroxylation is 1. The van der Waals surface area contributed by atoms with Gasteiger partial charge in [0.15, 0.2) is 0 Å². The quantitative estimate of drug-likeness (QED) is 0.848. The SMILES string of the molecule is CC(C)COC1CCc2ccccc2C1N. The van der Waals surface area contributed by atoms with Gasteiger partial charge >= 0.3 is 0 Å². The molecular weight excluding hydrogens is 198 g/mol. The van der Waals surface area contributed by atoms with E-state index in [1.807, 2.05) is 0 Å². The lowest BCUT2D eigenvalue weighted by Crippen LogP contribution is -2.34. The van der Waals surface area contributed by atoms with Crippen LogP contribution in [0.5, 0.6) is 0 Å². The second-order valence-corrected chi connectivity index (χ2v) is 5.03. The molecule has 0 heterocycles. The first-order valence-corrected chi connectivity index (χ1v) is 6.13. The minimum Gasteiger partial charge on any atom is -0.376 e. The van der Waals surface area contributed by atoms with Gasteiger partial charge in [-0.3, -0.25) is 0 Å². The molecule has 16 heavy (non-hydrogen) atoms. The smallest absolute Gasteiger partial charge is 0.0771 e. The maximum absolute atomic E-state index is 6.25. The van der Waals surface area contributed by atoms with Crippen LogP contribution in [-0.2, 0) is 11.2 Å². The number of fused-ring (bicyclic) bond motifs is 1. The molecule has 2 N–H and O–H groups in total. The number of nitrogens with two attached hydrogens (primary N) is 1. The minimum atomic E-state index is 0.0451.